The van der Waals surface area contributed by atoms with E-state index in [1.165, 1.54) is 21.3 Å². The van der Waals surface area contributed by atoms with Crippen LogP contribution in [0.25, 0.3) is 21.0 Å². The first kappa shape index (κ1) is 17.5. The molecule has 2 aromatic carbocycles. The van der Waals surface area contributed by atoms with Crippen molar-refractivity contribution in [3.8, 4) is 0 Å². The number of piperazine rings is 1. The highest BCUT2D eigenvalue weighted by atomic mass is 32.1. The van der Waals surface area contributed by atoms with Gasteiger partial charge in [-0.2, -0.15) is 0 Å². The minimum absolute atomic E-state index is 0.261. The van der Waals surface area contributed by atoms with Gasteiger partial charge in [0.15, 0.2) is 5.78 Å². The van der Waals surface area contributed by atoms with Crippen LogP contribution in [0.5, 0.6) is 0 Å². The number of hydrogen-bond acceptors (Lipinski definition) is 4. The van der Waals surface area contributed by atoms with Crippen molar-refractivity contribution < 1.29 is 4.79 Å². The van der Waals surface area contributed by atoms with E-state index in [1.807, 2.05) is 23.7 Å². The first-order chi connectivity index (χ1) is 13.8. The molecule has 0 spiro atoms. The summed E-state index contributed by atoms with van der Waals surface area (Å²) in [6.45, 7) is 4.84. The minimum atomic E-state index is 0.261. The summed E-state index contributed by atoms with van der Waals surface area (Å²) in [5.74, 6) is 0.261. The fraction of sp³-hybridized carbons (Fsp3) is 0.261. The third-order valence-corrected chi connectivity index (χ3v) is 6.68. The van der Waals surface area contributed by atoms with Crippen LogP contribution in [0.4, 0.5) is 5.69 Å². The molecule has 0 radical (unpaired) electrons. The highest BCUT2D eigenvalue weighted by Crippen LogP contribution is 2.27. The molecule has 0 unspecified atom stereocenters. The number of rotatable bonds is 5. The maximum atomic E-state index is 12.7. The standard InChI is InChI=1S/C23H23N3OS/c27-22(20-16-28-23-4-2-1-3-19(20)23)8-10-25-11-13-26(14-12-25)18-6-5-17-7-9-24-21(17)15-18/h1-7,9,15-16,24H,8,10-14H2. The molecular weight excluding hydrogens is 366 g/mol. The van der Waals surface area contributed by atoms with E-state index in [9.17, 15) is 4.79 Å². The van der Waals surface area contributed by atoms with E-state index in [2.05, 4.69) is 51.2 Å². The molecule has 4 nitrogen and oxygen atoms in total. The second-order valence-electron chi connectivity index (χ2n) is 7.40. The molecule has 0 amide bonds. The smallest absolute Gasteiger partial charge is 0.165 e. The van der Waals surface area contributed by atoms with Gasteiger partial charge in [0.2, 0.25) is 0 Å². The number of benzene rings is 2. The van der Waals surface area contributed by atoms with Crippen LogP contribution in [-0.4, -0.2) is 48.4 Å². The van der Waals surface area contributed by atoms with Crippen molar-refractivity contribution in [2.75, 3.05) is 37.6 Å². The number of nitrogens with zero attached hydrogens (tertiary/aromatic N) is 2. The van der Waals surface area contributed by atoms with Crippen LogP contribution >= 0.6 is 11.3 Å². The molecule has 28 heavy (non-hydrogen) atoms. The number of carbonyl (C=O) groups is 1. The van der Waals surface area contributed by atoms with Crippen LogP contribution in [0.3, 0.4) is 0 Å². The van der Waals surface area contributed by atoms with Crippen LogP contribution in [0.15, 0.2) is 60.1 Å². The summed E-state index contributed by atoms with van der Waals surface area (Å²) in [6.07, 6.45) is 2.58. The second-order valence-corrected chi connectivity index (χ2v) is 8.31. The molecular formula is C23H23N3OS. The molecule has 1 aliphatic rings. The number of H-pyrrole nitrogens is 1. The Morgan fingerprint density at radius 3 is 2.79 bits per heavy atom. The first-order valence-corrected chi connectivity index (χ1v) is 10.7. The number of thiophene rings is 1. The van der Waals surface area contributed by atoms with Gasteiger partial charge >= 0.3 is 0 Å². The van der Waals surface area contributed by atoms with Crippen molar-refractivity contribution in [1.29, 1.82) is 0 Å². The second kappa shape index (κ2) is 7.41. The summed E-state index contributed by atoms with van der Waals surface area (Å²) in [6, 6.07) is 16.9. The Kier molecular flexibility index (Phi) is 4.63. The summed E-state index contributed by atoms with van der Waals surface area (Å²) in [5, 5.41) is 4.37. The fourth-order valence-electron chi connectivity index (χ4n) is 4.05. The number of carbonyl (C=O) groups excluding carboxylic acids is 1. The van der Waals surface area contributed by atoms with Crippen LogP contribution in [0, 0.1) is 0 Å². The van der Waals surface area contributed by atoms with Crippen molar-refractivity contribution in [3.05, 3.63) is 65.7 Å². The van der Waals surface area contributed by atoms with Gasteiger partial charge < -0.3 is 9.88 Å². The summed E-state index contributed by atoms with van der Waals surface area (Å²) >= 11 is 1.66. The molecule has 3 heterocycles. The SMILES string of the molecule is O=C(CCN1CCN(c2ccc3cc[nH]c3c2)CC1)c1csc2ccccc12. The zero-order valence-corrected chi connectivity index (χ0v) is 16.5. The zero-order chi connectivity index (χ0) is 18.9. The van der Waals surface area contributed by atoms with Crippen LogP contribution in [-0.2, 0) is 0 Å². The molecule has 0 aliphatic carbocycles. The fourth-order valence-corrected chi connectivity index (χ4v) is 5.02. The van der Waals surface area contributed by atoms with Crippen molar-refractivity contribution in [2.45, 2.75) is 6.42 Å². The normalized spacial score (nSPS) is 15.5. The Labute approximate surface area is 168 Å². The number of ketones is 1. The highest BCUT2D eigenvalue weighted by molar-refractivity contribution is 7.17. The summed E-state index contributed by atoms with van der Waals surface area (Å²) in [7, 11) is 0. The average molecular weight is 390 g/mol. The van der Waals surface area contributed by atoms with Gasteiger partial charge in [0.05, 0.1) is 0 Å². The predicted molar refractivity (Wildman–Crippen MR) is 118 cm³/mol. The van der Waals surface area contributed by atoms with E-state index in [-0.39, 0.29) is 5.78 Å². The van der Waals surface area contributed by atoms with Crippen molar-refractivity contribution in [3.63, 3.8) is 0 Å². The molecule has 142 valence electrons. The first-order valence-electron chi connectivity index (χ1n) is 9.82. The highest BCUT2D eigenvalue weighted by Gasteiger charge is 2.19. The lowest BCUT2D eigenvalue weighted by Crippen LogP contribution is -2.46. The third-order valence-electron chi connectivity index (χ3n) is 5.71. The van der Waals surface area contributed by atoms with Crippen LogP contribution in [0.2, 0.25) is 0 Å². The Hall–Kier alpha value is -2.63. The van der Waals surface area contributed by atoms with Gasteiger partial charge in [0, 0.05) is 77.6 Å². The summed E-state index contributed by atoms with van der Waals surface area (Å²) in [4.78, 5) is 20.9. The van der Waals surface area contributed by atoms with E-state index in [0.29, 0.717) is 6.42 Å². The molecule has 0 saturated carbocycles. The number of fused-ring (bicyclic) bond motifs is 2. The van der Waals surface area contributed by atoms with Gasteiger partial charge in [-0.25, -0.2) is 0 Å². The maximum Gasteiger partial charge on any atom is 0.165 e. The molecule has 5 rings (SSSR count). The molecule has 4 aromatic rings. The van der Waals surface area contributed by atoms with E-state index < -0.39 is 0 Å². The zero-order valence-electron chi connectivity index (χ0n) is 15.7. The Morgan fingerprint density at radius 1 is 1.04 bits per heavy atom. The Bertz CT molecular complexity index is 1120. The van der Waals surface area contributed by atoms with Gasteiger partial charge in [0.1, 0.15) is 0 Å². The third kappa shape index (κ3) is 3.32. The van der Waals surface area contributed by atoms with Crippen LogP contribution in [0.1, 0.15) is 16.8 Å². The summed E-state index contributed by atoms with van der Waals surface area (Å²) < 4.78 is 1.19. The number of Topliss-reactive ketones (excluding diaryl/α,β-unsaturated/α-hetero) is 1. The van der Waals surface area contributed by atoms with Crippen molar-refractivity contribution in [2.24, 2.45) is 0 Å². The Morgan fingerprint density at radius 2 is 1.89 bits per heavy atom. The van der Waals surface area contributed by atoms with E-state index >= 15 is 0 Å². The van der Waals surface area contributed by atoms with Crippen LogP contribution < -0.4 is 4.90 Å². The molecule has 1 aliphatic heterocycles. The van der Waals surface area contributed by atoms with Crippen molar-refractivity contribution in [1.82, 2.24) is 9.88 Å². The lowest BCUT2D eigenvalue weighted by molar-refractivity contribution is 0.0964. The molecule has 1 fully saturated rings. The molecule has 1 saturated heterocycles. The number of hydrogen-bond donors (Lipinski definition) is 1. The van der Waals surface area contributed by atoms with Gasteiger partial charge in [-0.3, -0.25) is 9.69 Å². The monoisotopic (exact) mass is 389 g/mol. The topological polar surface area (TPSA) is 39.3 Å². The molecule has 5 heteroatoms. The summed E-state index contributed by atoms with van der Waals surface area (Å²) in [5.41, 5.74) is 3.35. The molecule has 2 aromatic heterocycles. The van der Waals surface area contributed by atoms with Gasteiger partial charge in [-0.1, -0.05) is 24.3 Å². The van der Waals surface area contributed by atoms with E-state index in [4.69, 9.17) is 0 Å². The molecule has 1 N–H and O–H groups in total. The number of aromatic nitrogens is 1. The van der Waals surface area contributed by atoms with Gasteiger partial charge in [-0.15, -0.1) is 11.3 Å². The largest absolute Gasteiger partial charge is 0.369 e. The van der Waals surface area contributed by atoms with Gasteiger partial charge in [-0.05, 0) is 29.7 Å². The molecule has 0 atom stereocenters. The van der Waals surface area contributed by atoms with E-state index in [0.717, 1.165) is 43.7 Å². The van der Waals surface area contributed by atoms with Crippen molar-refractivity contribution >= 4 is 43.8 Å². The number of anilines is 1. The quantitative estimate of drug-likeness (QED) is 0.500. The maximum absolute atomic E-state index is 12.7. The van der Waals surface area contributed by atoms with Gasteiger partial charge in [0.25, 0.3) is 0 Å². The average Bonchev–Trinajstić information content (AvgIpc) is 3.38. The number of aromatic amines is 1. The lowest BCUT2D eigenvalue weighted by Gasteiger charge is -2.36. The predicted octanol–water partition coefficient (Wildman–Crippen LogP) is 4.78. The molecule has 0 bridgehead atoms. The minimum Gasteiger partial charge on any atom is -0.369 e. The lowest BCUT2D eigenvalue weighted by atomic mass is 10.1. The van der Waals surface area contributed by atoms with E-state index in [1.54, 1.807) is 11.3 Å². The number of nitrogens with one attached hydrogen (secondary N) is 1. The Balaban J connectivity index is 1.17.